The third-order valence-corrected chi connectivity index (χ3v) is 3.17. The Labute approximate surface area is 142 Å². The van der Waals surface area contributed by atoms with E-state index >= 15 is 0 Å². The molecule has 0 unspecified atom stereocenters. The molecule has 0 radical (unpaired) electrons. The van der Waals surface area contributed by atoms with Gasteiger partial charge in [-0.25, -0.2) is 14.0 Å². The van der Waals surface area contributed by atoms with E-state index in [1.807, 2.05) is 5.32 Å². The molecule has 0 saturated carbocycles. The molecule has 7 nitrogen and oxygen atoms in total. The molecule has 0 fully saturated rings. The first-order valence-corrected chi connectivity index (χ1v) is 7.19. The molecule has 0 aromatic heterocycles. The van der Waals surface area contributed by atoms with Gasteiger partial charge in [-0.05, 0) is 30.7 Å². The summed E-state index contributed by atoms with van der Waals surface area (Å²) in [6.45, 7) is 0.864. The quantitative estimate of drug-likeness (QED) is 0.737. The van der Waals surface area contributed by atoms with Crippen molar-refractivity contribution in [1.29, 1.82) is 0 Å². The molecule has 0 bridgehead atoms. The van der Waals surface area contributed by atoms with Gasteiger partial charge in [0.05, 0.1) is 5.69 Å². The molecule has 0 spiro atoms. The fraction of sp³-hybridized carbons (Fsp3) is 0.118. The molecule has 0 aliphatic carbocycles. The number of aromatic hydroxyl groups is 1. The van der Waals surface area contributed by atoms with Crippen molar-refractivity contribution in [3.8, 4) is 5.75 Å². The van der Waals surface area contributed by atoms with Crippen LogP contribution in [0.3, 0.4) is 0 Å². The molecule has 2 aromatic carbocycles. The Kier molecular flexibility index (Phi) is 5.67. The molecule has 25 heavy (non-hydrogen) atoms. The van der Waals surface area contributed by atoms with Gasteiger partial charge in [-0.15, -0.1) is 0 Å². The summed E-state index contributed by atoms with van der Waals surface area (Å²) in [4.78, 5) is 35.0. The summed E-state index contributed by atoms with van der Waals surface area (Å²) >= 11 is 0. The average Bonchev–Trinajstić information content (AvgIpc) is 2.57. The first kappa shape index (κ1) is 17.9. The number of carbonyl (C=O) groups excluding carboxylic acids is 3. The maximum atomic E-state index is 13.4. The van der Waals surface area contributed by atoms with Crippen molar-refractivity contribution in [2.24, 2.45) is 0 Å². The number of hydrogen-bond acceptors (Lipinski definition) is 5. The van der Waals surface area contributed by atoms with Gasteiger partial charge in [-0.1, -0.05) is 24.3 Å². The van der Waals surface area contributed by atoms with Crippen LogP contribution < -0.4 is 10.6 Å². The summed E-state index contributed by atoms with van der Waals surface area (Å²) in [7, 11) is 0. The number of ether oxygens (including phenoxy) is 1. The van der Waals surface area contributed by atoms with E-state index < -0.39 is 30.3 Å². The molecule has 130 valence electrons. The predicted molar refractivity (Wildman–Crippen MR) is 86.7 cm³/mol. The highest BCUT2D eigenvalue weighted by atomic mass is 19.1. The molecule has 0 aliphatic rings. The van der Waals surface area contributed by atoms with E-state index in [-0.39, 0.29) is 17.0 Å². The number of phenols is 1. The zero-order chi connectivity index (χ0) is 18.4. The van der Waals surface area contributed by atoms with Gasteiger partial charge in [0.1, 0.15) is 17.1 Å². The lowest BCUT2D eigenvalue weighted by molar-refractivity contribution is -0.123. The molecule has 0 heterocycles. The Morgan fingerprint density at radius 1 is 1.12 bits per heavy atom. The van der Waals surface area contributed by atoms with Crippen molar-refractivity contribution >= 4 is 23.6 Å². The number of benzene rings is 2. The molecule has 8 heteroatoms. The van der Waals surface area contributed by atoms with Crippen molar-refractivity contribution in [3.63, 3.8) is 0 Å². The highest BCUT2D eigenvalue weighted by Crippen LogP contribution is 2.21. The number of esters is 1. The van der Waals surface area contributed by atoms with Gasteiger partial charge >= 0.3 is 12.0 Å². The minimum absolute atomic E-state index is 0.0939. The number of imide groups is 1. The van der Waals surface area contributed by atoms with E-state index in [9.17, 15) is 23.9 Å². The van der Waals surface area contributed by atoms with Crippen LogP contribution in [0.5, 0.6) is 5.75 Å². The first-order chi connectivity index (χ1) is 11.9. The van der Waals surface area contributed by atoms with Gasteiger partial charge in [-0.2, -0.15) is 0 Å². The van der Waals surface area contributed by atoms with Crippen LogP contribution in [0.2, 0.25) is 0 Å². The number of aryl methyl sites for hydroxylation is 1. The van der Waals surface area contributed by atoms with E-state index in [2.05, 4.69) is 5.32 Å². The Morgan fingerprint density at radius 3 is 2.56 bits per heavy atom. The van der Waals surface area contributed by atoms with Crippen molar-refractivity contribution in [3.05, 3.63) is 59.4 Å². The highest BCUT2D eigenvalue weighted by molar-refractivity contribution is 6.02. The van der Waals surface area contributed by atoms with E-state index in [4.69, 9.17) is 4.74 Å². The van der Waals surface area contributed by atoms with Crippen molar-refractivity contribution < 1.29 is 28.6 Å². The van der Waals surface area contributed by atoms with Crippen molar-refractivity contribution in [1.82, 2.24) is 5.32 Å². The first-order valence-electron chi connectivity index (χ1n) is 7.19. The van der Waals surface area contributed by atoms with Crippen LogP contribution in [0.25, 0.3) is 0 Å². The molecular formula is C17H15FN2O5. The fourth-order valence-corrected chi connectivity index (χ4v) is 1.91. The zero-order valence-electron chi connectivity index (χ0n) is 13.2. The number of rotatable bonds is 4. The number of anilines is 1. The number of nitrogens with one attached hydrogen (secondary N) is 2. The van der Waals surface area contributed by atoms with E-state index in [1.165, 1.54) is 24.3 Å². The summed E-state index contributed by atoms with van der Waals surface area (Å²) in [5.74, 6) is -2.73. The number of amides is 3. The van der Waals surface area contributed by atoms with Crippen LogP contribution in [0.15, 0.2) is 42.5 Å². The van der Waals surface area contributed by atoms with Crippen LogP contribution in [0.4, 0.5) is 14.9 Å². The van der Waals surface area contributed by atoms with Crippen LogP contribution in [-0.2, 0) is 9.53 Å². The standard InChI is InChI=1S/C17H15FN2O5/c1-10-5-4-6-11(15(10)22)16(23)25-9-14(21)20-17(24)19-13-8-3-2-7-12(13)18/h2-8,22H,9H2,1H3,(H2,19,20,21,24). The molecule has 0 saturated heterocycles. The van der Waals surface area contributed by atoms with Gasteiger partial charge in [0.25, 0.3) is 5.91 Å². The Morgan fingerprint density at radius 2 is 1.84 bits per heavy atom. The molecule has 3 amide bonds. The second-order valence-electron chi connectivity index (χ2n) is 5.03. The van der Waals surface area contributed by atoms with Gasteiger partial charge in [0.2, 0.25) is 0 Å². The predicted octanol–water partition coefficient (Wildman–Crippen LogP) is 2.34. The van der Waals surface area contributed by atoms with Crippen molar-refractivity contribution in [2.45, 2.75) is 6.92 Å². The summed E-state index contributed by atoms with van der Waals surface area (Å²) in [5, 5.41) is 13.8. The minimum Gasteiger partial charge on any atom is -0.507 e. The molecule has 2 rings (SSSR count). The summed E-state index contributed by atoms with van der Waals surface area (Å²) in [6, 6.07) is 8.95. The smallest absolute Gasteiger partial charge is 0.342 e. The lowest BCUT2D eigenvalue weighted by Crippen LogP contribution is -2.37. The molecule has 0 atom stereocenters. The second kappa shape index (κ2) is 7.91. The number of para-hydroxylation sites is 2. The normalized spacial score (nSPS) is 10.0. The number of hydrogen-bond donors (Lipinski definition) is 3. The lowest BCUT2D eigenvalue weighted by atomic mass is 10.1. The molecule has 3 N–H and O–H groups in total. The molecular weight excluding hydrogens is 331 g/mol. The Bertz CT molecular complexity index is 822. The second-order valence-corrected chi connectivity index (χ2v) is 5.03. The number of phenolic OH excluding ortho intramolecular Hbond substituents is 1. The van der Waals surface area contributed by atoms with E-state index in [1.54, 1.807) is 19.1 Å². The zero-order valence-corrected chi connectivity index (χ0v) is 13.2. The topological polar surface area (TPSA) is 105 Å². The summed E-state index contributed by atoms with van der Waals surface area (Å²) in [6.07, 6.45) is 0. The van der Waals surface area contributed by atoms with Crippen LogP contribution >= 0.6 is 0 Å². The lowest BCUT2D eigenvalue weighted by Gasteiger charge is -2.09. The Balaban J connectivity index is 1.86. The average molecular weight is 346 g/mol. The molecule has 2 aromatic rings. The maximum Gasteiger partial charge on any atom is 0.342 e. The minimum atomic E-state index is -0.968. The van der Waals surface area contributed by atoms with Gasteiger partial charge < -0.3 is 15.2 Å². The SMILES string of the molecule is Cc1cccc(C(=O)OCC(=O)NC(=O)Nc2ccccc2F)c1O. The largest absolute Gasteiger partial charge is 0.507 e. The van der Waals surface area contributed by atoms with Crippen LogP contribution in [-0.4, -0.2) is 29.6 Å². The fourth-order valence-electron chi connectivity index (χ4n) is 1.91. The van der Waals surface area contributed by atoms with E-state index in [0.717, 1.165) is 6.07 Å². The van der Waals surface area contributed by atoms with Gasteiger partial charge in [0.15, 0.2) is 6.61 Å². The van der Waals surface area contributed by atoms with E-state index in [0.29, 0.717) is 5.56 Å². The number of carbonyl (C=O) groups is 3. The number of halogens is 1. The third-order valence-electron chi connectivity index (χ3n) is 3.17. The van der Waals surface area contributed by atoms with Gasteiger partial charge in [-0.3, -0.25) is 10.1 Å². The van der Waals surface area contributed by atoms with Gasteiger partial charge in [0, 0.05) is 0 Å². The summed E-state index contributed by atoms with van der Waals surface area (Å²) in [5.41, 5.74) is 0.279. The Hall–Kier alpha value is -3.42. The van der Waals surface area contributed by atoms with Crippen LogP contribution in [0, 0.1) is 12.7 Å². The number of urea groups is 1. The van der Waals surface area contributed by atoms with Crippen LogP contribution in [0.1, 0.15) is 15.9 Å². The van der Waals surface area contributed by atoms with Crippen molar-refractivity contribution in [2.75, 3.05) is 11.9 Å². The summed E-state index contributed by atoms with van der Waals surface area (Å²) < 4.78 is 18.1. The highest BCUT2D eigenvalue weighted by Gasteiger charge is 2.16. The maximum absolute atomic E-state index is 13.4. The monoisotopic (exact) mass is 346 g/mol. The third kappa shape index (κ3) is 4.77. The molecule has 0 aliphatic heterocycles.